The molecule has 7 nitrogen and oxygen atoms in total. The molecule has 0 spiro atoms. The monoisotopic (exact) mass is 368 g/mol. The third-order valence-corrected chi connectivity index (χ3v) is 5.80. The average molecular weight is 368 g/mol. The fraction of sp³-hybridized carbons (Fsp3) is 0.400. The molecule has 9 heteroatoms. The van der Waals surface area contributed by atoms with Crippen LogP contribution in [0.2, 0.25) is 0 Å². The first-order valence-electron chi connectivity index (χ1n) is 7.29. The van der Waals surface area contributed by atoms with Crippen molar-refractivity contribution in [3.8, 4) is 0 Å². The number of rotatable bonds is 7. The SMILES string of the molecule is CCC(C(=O)O)C(CC)(C(=O)S)c1nc2ccc([N+](=O)[O-])cc2s1. The summed E-state index contributed by atoms with van der Waals surface area (Å²) in [6.07, 6.45) is 0.466. The van der Waals surface area contributed by atoms with E-state index in [2.05, 4.69) is 17.6 Å². The molecule has 1 heterocycles. The van der Waals surface area contributed by atoms with Crippen LogP contribution in [0.25, 0.3) is 10.2 Å². The maximum atomic E-state index is 12.3. The first-order valence-corrected chi connectivity index (χ1v) is 8.55. The van der Waals surface area contributed by atoms with E-state index in [1.165, 1.54) is 18.2 Å². The maximum absolute atomic E-state index is 12.3. The van der Waals surface area contributed by atoms with Gasteiger partial charge in [0.1, 0.15) is 10.4 Å². The molecule has 0 aliphatic rings. The Bertz CT molecular complexity index is 819. The van der Waals surface area contributed by atoms with Gasteiger partial charge in [0.2, 0.25) is 0 Å². The van der Waals surface area contributed by atoms with Crippen molar-refractivity contribution in [2.24, 2.45) is 5.92 Å². The standard InChI is InChI=1S/C15H16N2O5S2/c1-3-9(12(18)19)15(4-2,14(20)23)13-16-10-6-5-8(17(21)22)7-11(10)24-13/h5-7,9H,3-4H2,1-2H3,(H,18,19)(H,20,23). The molecular weight excluding hydrogens is 352 g/mol. The molecule has 24 heavy (non-hydrogen) atoms. The van der Waals surface area contributed by atoms with Gasteiger partial charge in [0, 0.05) is 12.1 Å². The van der Waals surface area contributed by atoms with E-state index < -0.39 is 27.3 Å². The second-order valence-corrected chi connectivity index (χ2v) is 6.79. The zero-order valence-corrected chi connectivity index (χ0v) is 14.8. The first-order chi connectivity index (χ1) is 11.3. The molecule has 2 unspecified atom stereocenters. The van der Waals surface area contributed by atoms with Gasteiger partial charge in [-0.15, -0.1) is 24.0 Å². The highest BCUT2D eigenvalue weighted by Crippen LogP contribution is 2.43. The Labute approximate surface area is 147 Å². The number of aromatic nitrogens is 1. The third-order valence-electron chi connectivity index (χ3n) is 4.20. The van der Waals surface area contributed by atoms with Gasteiger partial charge in [-0.05, 0) is 18.9 Å². The van der Waals surface area contributed by atoms with Crippen molar-refractivity contribution in [2.45, 2.75) is 32.1 Å². The van der Waals surface area contributed by atoms with Crippen LogP contribution in [0.15, 0.2) is 18.2 Å². The van der Waals surface area contributed by atoms with Crippen LogP contribution in [0.5, 0.6) is 0 Å². The van der Waals surface area contributed by atoms with Crippen LogP contribution in [-0.4, -0.2) is 26.1 Å². The summed E-state index contributed by atoms with van der Waals surface area (Å²) in [5.41, 5.74) is -0.946. The topological polar surface area (TPSA) is 110 Å². The van der Waals surface area contributed by atoms with E-state index in [0.29, 0.717) is 15.2 Å². The minimum Gasteiger partial charge on any atom is -0.481 e. The summed E-state index contributed by atoms with van der Waals surface area (Å²) >= 11 is 5.05. The third kappa shape index (κ3) is 2.89. The highest BCUT2D eigenvalue weighted by atomic mass is 32.1. The Morgan fingerprint density at radius 1 is 1.46 bits per heavy atom. The minimum atomic E-state index is -1.36. The van der Waals surface area contributed by atoms with Gasteiger partial charge in [0.05, 0.1) is 21.1 Å². The zero-order valence-electron chi connectivity index (χ0n) is 13.1. The second kappa shape index (κ2) is 6.86. The summed E-state index contributed by atoms with van der Waals surface area (Å²) in [7, 11) is 0. The Morgan fingerprint density at radius 3 is 2.58 bits per heavy atom. The van der Waals surface area contributed by atoms with Gasteiger partial charge < -0.3 is 5.11 Å². The fourth-order valence-corrected chi connectivity index (χ4v) is 4.70. The molecule has 2 atom stereocenters. The number of nitro benzene ring substituents is 1. The zero-order chi connectivity index (χ0) is 18.1. The van der Waals surface area contributed by atoms with Crippen LogP contribution in [0.1, 0.15) is 31.7 Å². The van der Waals surface area contributed by atoms with Crippen molar-refractivity contribution in [1.82, 2.24) is 4.98 Å². The molecule has 0 bridgehead atoms. The van der Waals surface area contributed by atoms with Crippen molar-refractivity contribution in [1.29, 1.82) is 0 Å². The molecule has 0 fully saturated rings. The number of fused-ring (bicyclic) bond motifs is 1. The summed E-state index contributed by atoms with van der Waals surface area (Å²) in [6.45, 7) is 3.41. The van der Waals surface area contributed by atoms with E-state index in [9.17, 15) is 24.8 Å². The number of carboxylic acids is 1. The largest absolute Gasteiger partial charge is 0.481 e. The minimum absolute atomic E-state index is 0.0812. The highest BCUT2D eigenvalue weighted by molar-refractivity contribution is 7.96. The van der Waals surface area contributed by atoms with Crippen LogP contribution >= 0.6 is 24.0 Å². The lowest BCUT2D eigenvalue weighted by Crippen LogP contribution is -2.44. The molecule has 2 aromatic rings. The summed E-state index contributed by atoms with van der Waals surface area (Å²) in [5, 5.41) is 20.2. The van der Waals surface area contributed by atoms with Gasteiger partial charge >= 0.3 is 5.97 Å². The smallest absolute Gasteiger partial charge is 0.307 e. The van der Waals surface area contributed by atoms with Crippen LogP contribution in [0.4, 0.5) is 5.69 Å². The lowest BCUT2D eigenvalue weighted by molar-refractivity contribution is -0.384. The molecule has 0 saturated heterocycles. The highest BCUT2D eigenvalue weighted by Gasteiger charge is 2.49. The van der Waals surface area contributed by atoms with Gasteiger partial charge in [0.15, 0.2) is 5.12 Å². The normalized spacial score (nSPS) is 15.0. The number of hydrogen-bond donors (Lipinski definition) is 2. The number of benzene rings is 1. The number of carbonyl (C=O) groups excluding carboxylic acids is 1. The Kier molecular flexibility index (Phi) is 5.24. The number of thiol groups is 1. The molecular formula is C15H16N2O5S2. The number of non-ortho nitro benzene ring substituents is 1. The van der Waals surface area contributed by atoms with Crippen molar-refractivity contribution >= 4 is 51.0 Å². The molecule has 128 valence electrons. The molecule has 0 radical (unpaired) electrons. The van der Waals surface area contributed by atoms with Crippen LogP contribution < -0.4 is 0 Å². The quantitative estimate of drug-likeness (QED) is 0.440. The number of carboxylic acid groups (broad SMARTS) is 1. The predicted molar refractivity (Wildman–Crippen MR) is 93.7 cm³/mol. The predicted octanol–water partition coefficient (Wildman–Crippen LogP) is 3.42. The molecule has 0 aliphatic carbocycles. The van der Waals surface area contributed by atoms with E-state index in [0.717, 1.165) is 11.3 Å². The molecule has 0 aliphatic heterocycles. The molecule has 0 amide bonds. The number of thiazole rings is 1. The second-order valence-electron chi connectivity index (χ2n) is 5.36. The van der Waals surface area contributed by atoms with Crippen LogP contribution in [0.3, 0.4) is 0 Å². The number of hydrogen-bond acceptors (Lipinski definition) is 6. The number of nitrogens with zero attached hydrogens (tertiary/aromatic N) is 2. The first kappa shape index (κ1) is 18.3. The van der Waals surface area contributed by atoms with E-state index >= 15 is 0 Å². The van der Waals surface area contributed by atoms with Crippen molar-refractivity contribution < 1.29 is 19.6 Å². The fourth-order valence-electron chi connectivity index (χ4n) is 2.89. The van der Waals surface area contributed by atoms with Crippen LogP contribution in [-0.2, 0) is 15.0 Å². The average Bonchev–Trinajstić information content (AvgIpc) is 2.94. The maximum Gasteiger partial charge on any atom is 0.307 e. The van der Waals surface area contributed by atoms with Gasteiger partial charge in [-0.25, -0.2) is 4.98 Å². The summed E-state index contributed by atoms with van der Waals surface area (Å²) < 4.78 is 0.534. The van der Waals surface area contributed by atoms with Gasteiger partial charge in [-0.1, -0.05) is 13.8 Å². The molecule has 2 rings (SSSR count). The summed E-state index contributed by atoms with van der Waals surface area (Å²) in [4.78, 5) is 38.8. The van der Waals surface area contributed by atoms with Crippen molar-refractivity contribution in [2.75, 3.05) is 0 Å². The molecule has 1 aromatic heterocycles. The van der Waals surface area contributed by atoms with Gasteiger partial charge in [-0.3, -0.25) is 19.7 Å². The molecule has 1 aromatic carbocycles. The number of nitro groups is 1. The lowest BCUT2D eigenvalue weighted by atomic mass is 9.73. The van der Waals surface area contributed by atoms with Crippen molar-refractivity contribution in [3.05, 3.63) is 33.3 Å². The van der Waals surface area contributed by atoms with Gasteiger partial charge in [-0.2, -0.15) is 0 Å². The van der Waals surface area contributed by atoms with Crippen LogP contribution in [0, 0.1) is 16.0 Å². The Hall–Kier alpha value is -2.00. The Morgan fingerprint density at radius 2 is 2.12 bits per heavy atom. The molecule has 1 N–H and O–H groups in total. The van der Waals surface area contributed by atoms with Crippen molar-refractivity contribution in [3.63, 3.8) is 0 Å². The van der Waals surface area contributed by atoms with E-state index in [4.69, 9.17) is 0 Å². The van der Waals surface area contributed by atoms with E-state index in [1.54, 1.807) is 13.8 Å². The lowest BCUT2D eigenvalue weighted by Gasteiger charge is -2.32. The number of carbonyl (C=O) groups is 2. The molecule has 0 saturated carbocycles. The van der Waals surface area contributed by atoms with E-state index in [-0.39, 0.29) is 18.5 Å². The van der Waals surface area contributed by atoms with E-state index in [1.807, 2.05) is 0 Å². The Balaban J connectivity index is 2.70. The summed E-state index contributed by atoms with van der Waals surface area (Å²) in [5.74, 6) is -2.06. The van der Waals surface area contributed by atoms with Gasteiger partial charge in [0.25, 0.3) is 5.69 Å². The summed E-state index contributed by atoms with van der Waals surface area (Å²) in [6, 6.07) is 4.21. The number of aliphatic carboxylic acids is 1.